The molecule has 1 aromatic carbocycles. The number of carbonyl (C=O) groups is 2. The van der Waals surface area contributed by atoms with Gasteiger partial charge in [-0.2, -0.15) is 0 Å². The highest BCUT2D eigenvalue weighted by Crippen LogP contribution is 2.19. The van der Waals surface area contributed by atoms with Crippen molar-refractivity contribution in [1.82, 2.24) is 14.8 Å². The minimum atomic E-state index is -0.494. The van der Waals surface area contributed by atoms with Crippen LogP contribution in [0.1, 0.15) is 11.3 Å². The van der Waals surface area contributed by atoms with Crippen LogP contribution in [0.25, 0.3) is 11.8 Å². The summed E-state index contributed by atoms with van der Waals surface area (Å²) in [5.74, 6) is -0.919. The lowest BCUT2D eigenvalue weighted by atomic mass is 10.1. The van der Waals surface area contributed by atoms with E-state index in [1.165, 1.54) is 4.90 Å². The normalized spacial score (nSPS) is 16.3. The van der Waals surface area contributed by atoms with Crippen molar-refractivity contribution in [2.75, 3.05) is 6.54 Å². The van der Waals surface area contributed by atoms with E-state index in [1.54, 1.807) is 12.2 Å². The number of carbonyl (C=O) groups excluding carboxylic acids is 2. The van der Waals surface area contributed by atoms with Crippen molar-refractivity contribution in [2.45, 2.75) is 6.92 Å². The minimum Gasteiger partial charge on any atom is -0.317 e. The molecule has 2 heterocycles. The first-order chi connectivity index (χ1) is 12.0. The van der Waals surface area contributed by atoms with Gasteiger partial charge in [0.25, 0.3) is 11.8 Å². The standard InChI is InChI=1S/C19H17N3O2S/c1-3-10-22-18(24)16(17(23)20-19(22)25)12-15-5-4-11-21(15)14-8-6-13(2)7-9-14/h3-9,11-12H,1,10H2,2H3,(H,20,23,25)/b16-12+. The van der Waals surface area contributed by atoms with Crippen molar-refractivity contribution >= 4 is 35.2 Å². The minimum absolute atomic E-state index is 0.0440. The molecule has 5 nitrogen and oxygen atoms in total. The second-order valence-corrected chi connectivity index (χ2v) is 6.05. The molecule has 1 saturated heterocycles. The van der Waals surface area contributed by atoms with Crippen molar-refractivity contribution in [3.05, 3.63) is 72.1 Å². The summed E-state index contributed by atoms with van der Waals surface area (Å²) in [7, 11) is 0. The van der Waals surface area contributed by atoms with Crippen LogP contribution in [-0.4, -0.2) is 32.9 Å². The predicted molar refractivity (Wildman–Crippen MR) is 101 cm³/mol. The van der Waals surface area contributed by atoms with Crippen LogP contribution in [0.3, 0.4) is 0 Å². The largest absolute Gasteiger partial charge is 0.317 e. The molecule has 0 radical (unpaired) electrons. The zero-order valence-corrected chi connectivity index (χ0v) is 14.5. The molecule has 0 atom stereocenters. The average Bonchev–Trinajstić information content (AvgIpc) is 3.04. The summed E-state index contributed by atoms with van der Waals surface area (Å²) in [6.45, 7) is 5.88. The highest BCUT2D eigenvalue weighted by atomic mass is 32.1. The van der Waals surface area contributed by atoms with Crippen LogP contribution in [0, 0.1) is 6.92 Å². The monoisotopic (exact) mass is 351 g/mol. The Bertz CT molecular complexity index is 894. The molecule has 25 heavy (non-hydrogen) atoms. The second-order valence-electron chi connectivity index (χ2n) is 5.66. The summed E-state index contributed by atoms with van der Waals surface area (Å²) in [5, 5.41) is 2.64. The number of thiocarbonyl (C=S) groups is 1. The average molecular weight is 351 g/mol. The molecule has 1 fully saturated rings. The number of aromatic nitrogens is 1. The zero-order chi connectivity index (χ0) is 18.0. The SMILES string of the molecule is C=CCN1C(=O)/C(=C/c2cccn2-c2ccc(C)cc2)C(=O)NC1=S. The molecule has 0 unspecified atom stereocenters. The lowest BCUT2D eigenvalue weighted by Gasteiger charge is -2.27. The number of hydrogen-bond donors (Lipinski definition) is 1. The summed E-state index contributed by atoms with van der Waals surface area (Å²) >= 11 is 5.06. The molecular weight excluding hydrogens is 334 g/mol. The first kappa shape index (κ1) is 16.9. The summed E-state index contributed by atoms with van der Waals surface area (Å²) < 4.78 is 1.91. The fourth-order valence-corrected chi connectivity index (χ4v) is 2.84. The molecule has 0 bridgehead atoms. The van der Waals surface area contributed by atoms with Gasteiger partial charge >= 0.3 is 0 Å². The fraction of sp³-hybridized carbons (Fsp3) is 0.105. The number of aryl methyl sites for hydroxylation is 1. The Labute approximate surface area is 151 Å². The third-order valence-corrected chi connectivity index (χ3v) is 4.20. The Morgan fingerprint density at radius 1 is 1.20 bits per heavy atom. The Morgan fingerprint density at radius 3 is 2.60 bits per heavy atom. The molecule has 1 aliphatic rings. The van der Waals surface area contributed by atoms with E-state index in [4.69, 9.17) is 12.2 Å². The quantitative estimate of drug-likeness (QED) is 0.399. The number of nitrogens with zero attached hydrogens (tertiary/aromatic N) is 2. The maximum atomic E-state index is 12.6. The third kappa shape index (κ3) is 3.29. The molecule has 2 aromatic rings. The third-order valence-electron chi connectivity index (χ3n) is 3.88. The molecule has 6 heteroatoms. The van der Waals surface area contributed by atoms with E-state index < -0.39 is 11.8 Å². The number of hydrogen-bond acceptors (Lipinski definition) is 3. The zero-order valence-electron chi connectivity index (χ0n) is 13.7. The van der Waals surface area contributed by atoms with E-state index in [0.717, 1.165) is 16.9 Å². The second kappa shape index (κ2) is 6.86. The van der Waals surface area contributed by atoms with Crippen molar-refractivity contribution in [3.63, 3.8) is 0 Å². The van der Waals surface area contributed by atoms with Crippen LogP contribution in [0.15, 0.2) is 60.8 Å². The van der Waals surface area contributed by atoms with Crippen LogP contribution >= 0.6 is 12.2 Å². The van der Waals surface area contributed by atoms with Crippen molar-refractivity contribution < 1.29 is 9.59 Å². The van der Waals surface area contributed by atoms with Gasteiger partial charge in [0.15, 0.2) is 5.11 Å². The smallest absolute Gasteiger partial charge is 0.266 e. The maximum absolute atomic E-state index is 12.6. The maximum Gasteiger partial charge on any atom is 0.266 e. The Kier molecular flexibility index (Phi) is 4.63. The lowest BCUT2D eigenvalue weighted by molar-refractivity contribution is -0.128. The van der Waals surface area contributed by atoms with E-state index in [-0.39, 0.29) is 17.2 Å². The molecule has 1 aromatic heterocycles. The summed E-state index contributed by atoms with van der Waals surface area (Å²) in [6, 6.07) is 11.7. The van der Waals surface area contributed by atoms with Gasteiger partial charge in [-0.25, -0.2) is 0 Å². The molecular formula is C19H17N3O2S. The van der Waals surface area contributed by atoms with Crippen molar-refractivity contribution in [2.24, 2.45) is 0 Å². The molecule has 3 rings (SSSR count). The van der Waals surface area contributed by atoms with E-state index in [9.17, 15) is 9.59 Å². The Balaban J connectivity index is 2.00. The van der Waals surface area contributed by atoms with Crippen LogP contribution < -0.4 is 5.32 Å². The molecule has 1 N–H and O–H groups in total. The lowest BCUT2D eigenvalue weighted by Crippen LogP contribution is -2.53. The first-order valence-electron chi connectivity index (χ1n) is 7.75. The van der Waals surface area contributed by atoms with Crippen molar-refractivity contribution in [3.8, 4) is 5.69 Å². The highest BCUT2D eigenvalue weighted by Gasteiger charge is 2.32. The van der Waals surface area contributed by atoms with Gasteiger partial charge in [-0.1, -0.05) is 23.8 Å². The highest BCUT2D eigenvalue weighted by molar-refractivity contribution is 7.80. The number of benzene rings is 1. The molecule has 0 saturated carbocycles. The number of rotatable bonds is 4. The van der Waals surface area contributed by atoms with Gasteiger partial charge < -0.3 is 4.57 Å². The summed E-state index contributed by atoms with van der Waals surface area (Å²) in [4.78, 5) is 26.2. The summed E-state index contributed by atoms with van der Waals surface area (Å²) in [6.07, 6.45) is 5.03. The van der Waals surface area contributed by atoms with Gasteiger partial charge in [0.1, 0.15) is 5.57 Å². The van der Waals surface area contributed by atoms with E-state index >= 15 is 0 Å². The van der Waals surface area contributed by atoms with Gasteiger partial charge in [-0.15, -0.1) is 6.58 Å². The van der Waals surface area contributed by atoms with Crippen LogP contribution in [0.4, 0.5) is 0 Å². The van der Waals surface area contributed by atoms with Gasteiger partial charge in [0.05, 0.1) is 0 Å². The van der Waals surface area contributed by atoms with Gasteiger partial charge in [0, 0.05) is 24.1 Å². The molecule has 2 amide bonds. The van der Waals surface area contributed by atoms with Crippen LogP contribution in [-0.2, 0) is 9.59 Å². The predicted octanol–water partition coefficient (Wildman–Crippen LogP) is 2.60. The van der Waals surface area contributed by atoms with E-state index in [0.29, 0.717) is 0 Å². The van der Waals surface area contributed by atoms with Crippen LogP contribution in [0.2, 0.25) is 0 Å². The van der Waals surface area contributed by atoms with Gasteiger partial charge in [-0.3, -0.25) is 19.8 Å². The summed E-state index contributed by atoms with van der Waals surface area (Å²) in [5.41, 5.74) is 2.88. The van der Waals surface area contributed by atoms with Crippen LogP contribution in [0.5, 0.6) is 0 Å². The van der Waals surface area contributed by atoms with E-state index in [2.05, 4.69) is 11.9 Å². The van der Waals surface area contributed by atoms with E-state index in [1.807, 2.05) is 54.1 Å². The molecule has 1 aliphatic heterocycles. The molecule has 0 spiro atoms. The molecule has 126 valence electrons. The Hall–Kier alpha value is -2.99. The number of nitrogens with one attached hydrogen (secondary N) is 1. The van der Waals surface area contributed by atoms with Crippen molar-refractivity contribution in [1.29, 1.82) is 0 Å². The molecule has 0 aliphatic carbocycles. The number of amides is 2. The fourth-order valence-electron chi connectivity index (χ4n) is 2.59. The van der Waals surface area contributed by atoms with Gasteiger partial charge in [-0.05, 0) is 49.5 Å². The Morgan fingerprint density at radius 2 is 1.92 bits per heavy atom. The first-order valence-corrected chi connectivity index (χ1v) is 8.16. The van der Waals surface area contributed by atoms with Gasteiger partial charge in [0.2, 0.25) is 0 Å². The topological polar surface area (TPSA) is 54.3 Å².